The highest BCUT2D eigenvalue weighted by Crippen LogP contribution is 2.31. The summed E-state index contributed by atoms with van der Waals surface area (Å²) in [4.78, 5) is 26.9. The van der Waals surface area contributed by atoms with Crippen molar-refractivity contribution in [1.82, 2.24) is 9.55 Å². The van der Waals surface area contributed by atoms with Gasteiger partial charge in [0.05, 0.1) is 12.1 Å². The molecule has 0 aliphatic heterocycles. The number of aromatic nitrogens is 2. The molecular weight excluding hydrogens is 367 g/mol. The Labute approximate surface area is 157 Å². The molecule has 0 fully saturated rings. The maximum absolute atomic E-state index is 13.2. The van der Waals surface area contributed by atoms with Crippen LogP contribution in [0.2, 0.25) is 0 Å². The van der Waals surface area contributed by atoms with Gasteiger partial charge in [-0.2, -0.15) is 0 Å². The van der Waals surface area contributed by atoms with Gasteiger partial charge < -0.3 is 4.74 Å². The lowest BCUT2D eigenvalue weighted by atomic mass is 10.1. The number of hydrogen-bond donors (Lipinski definition) is 1. The summed E-state index contributed by atoms with van der Waals surface area (Å²) in [6, 6.07) is 15.5. The lowest BCUT2D eigenvalue weighted by Gasteiger charge is -2.10. The summed E-state index contributed by atoms with van der Waals surface area (Å²) in [5.41, 5.74) is 1.92. The molecule has 136 valence electrons. The molecule has 0 saturated heterocycles. The van der Waals surface area contributed by atoms with Crippen molar-refractivity contribution in [3.8, 4) is 11.1 Å². The van der Waals surface area contributed by atoms with E-state index in [-0.39, 0.29) is 12.5 Å². The zero-order valence-corrected chi connectivity index (χ0v) is 15.0. The topological polar surface area (TPSA) is 64.1 Å². The van der Waals surface area contributed by atoms with Crippen molar-refractivity contribution in [3.63, 3.8) is 0 Å². The molecule has 27 heavy (non-hydrogen) atoms. The van der Waals surface area contributed by atoms with E-state index < -0.39 is 11.2 Å². The van der Waals surface area contributed by atoms with Gasteiger partial charge in [-0.15, -0.1) is 11.3 Å². The Morgan fingerprint density at radius 2 is 1.78 bits per heavy atom. The third-order valence-corrected chi connectivity index (χ3v) is 5.16. The first-order valence-electron chi connectivity index (χ1n) is 8.25. The Hall–Kier alpha value is -3.03. The number of ether oxygens (including phenoxy) is 1. The number of H-pyrrole nitrogens is 1. The number of fused-ring (bicyclic) bond motifs is 1. The van der Waals surface area contributed by atoms with Crippen molar-refractivity contribution in [2.45, 2.75) is 13.3 Å². The molecule has 0 spiro atoms. The van der Waals surface area contributed by atoms with E-state index >= 15 is 0 Å². The maximum atomic E-state index is 13.2. The molecule has 0 bridgehead atoms. The number of benzene rings is 2. The van der Waals surface area contributed by atoms with Gasteiger partial charge in [-0.3, -0.25) is 14.3 Å². The fraction of sp³-hybridized carbons (Fsp3) is 0.100. The van der Waals surface area contributed by atoms with E-state index in [1.165, 1.54) is 28.0 Å². The minimum absolute atomic E-state index is 0.00800. The van der Waals surface area contributed by atoms with Crippen molar-refractivity contribution in [2.75, 3.05) is 0 Å². The van der Waals surface area contributed by atoms with Crippen LogP contribution in [0.25, 0.3) is 21.3 Å². The van der Waals surface area contributed by atoms with Gasteiger partial charge in [0.15, 0.2) is 0 Å². The fourth-order valence-corrected chi connectivity index (χ4v) is 3.86. The summed E-state index contributed by atoms with van der Waals surface area (Å²) >= 11 is 1.24. The molecule has 0 atom stereocenters. The molecule has 2 heterocycles. The average molecular weight is 382 g/mol. The fourth-order valence-electron chi connectivity index (χ4n) is 2.89. The van der Waals surface area contributed by atoms with Crippen LogP contribution in [-0.2, 0) is 18.1 Å². The minimum Gasteiger partial charge on any atom is -0.356 e. The van der Waals surface area contributed by atoms with Crippen LogP contribution in [0.3, 0.4) is 0 Å². The van der Waals surface area contributed by atoms with Crippen LogP contribution >= 0.6 is 11.3 Å². The summed E-state index contributed by atoms with van der Waals surface area (Å²) < 4.78 is 20.8. The number of aromatic amines is 1. The highest BCUT2D eigenvalue weighted by molar-refractivity contribution is 7.17. The van der Waals surface area contributed by atoms with Crippen LogP contribution in [-0.4, -0.2) is 9.55 Å². The van der Waals surface area contributed by atoms with Crippen LogP contribution in [0.4, 0.5) is 4.39 Å². The maximum Gasteiger partial charge on any atom is 0.330 e. The second-order valence-corrected chi connectivity index (χ2v) is 6.86. The molecule has 4 aromatic rings. The van der Waals surface area contributed by atoms with E-state index in [2.05, 4.69) is 4.98 Å². The van der Waals surface area contributed by atoms with Crippen molar-refractivity contribution >= 4 is 21.6 Å². The van der Waals surface area contributed by atoms with Crippen LogP contribution in [0.5, 0.6) is 0 Å². The van der Waals surface area contributed by atoms with E-state index in [1.807, 2.05) is 30.3 Å². The number of nitrogens with one attached hydrogen (secondary N) is 1. The molecule has 7 heteroatoms. The first-order valence-corrected chi connectivity index (χ1v) is 9.13. The second-order valence-electron chi connectivity index (χ2n) is 5.98. The summed E-state index contributed by atoms with van der Waals surface area (Å²) in [6.45, 7) is 0.329. The molecular formula is C20H15FN2O3S. The largest absolute Gasteiger partial charge is 0.356 e. The third-order valence-electron chi connectivity index (χ3n) is 4.19. The first kappa shape index (κ1) is 17.4. The van der Waals surface area contributed by atoms with Crippen LogP contribution in [0.15, 0.2) is 69.6 Å². The van der Waals surface area contributed by atoms with Gasteiger partial charge in [0.2, 0.25) is 0 Å². The lowest BCUT2D eigenvalue weighted by Crippen LogP contribution is -2.30. The van der Waals surface area contributed by atoms with Gasteiger partial charge >= 0.3 is 5.69 Å². The monoisotopic (exact) mass is 382 g/mol. The van der Waals surface area contributed by atoms with Gasteiger partial charge in [-0.1, -0.05) is 42.5 Å². The molecule has 0 radical (unpaired) electrons. The normalized spacial score (nSPS) is 11.1. The van der Waals surface area contributed by atoms with E-state index in [1.54, 1.807) is 17.5 Å². The second kappa shape index (κ2) is 7.30. The lowest BCUT2D eigenvalue weighted by molar-refractivity contribution is 0.0638. The number of nitrogens with zero attached hydrogens (tertiary/aromatic N) is 1. The molecule has 0 saturated carbocycles. The molecule has 2 aromatic heterocycles. The molecule has 0 unspecified atom stereocenters. The Kier molecular flexibility index (Phi) is 4.70. The third kappa shape index (κ3) is 3.47. The van der Waals surface area contributed by atoms with Crippen molar-refractivity contribution in [1.29, 1.82) is 0 Å². The van der Waals surface area contributed by atoms with Gasteiger partial charge in [0, 0.05) is 10.9 Å². The molecule has 0 amide bonds. The summed E-state index contributed by atoms with van der Waals surface area (Å²) in [7, 11) is 0. The van der Waals surface area contributed by atoms with Crippen molar-refractivity contribution < 1.29 is 9.13 Å². The van der Waals surface area contributed by atoms with Crippen molar-refractivity contribution in [3.05, 3.63) is 92.2 Å². The zero-order valence-electron chi connectivity index (χ0n) is 14.1. The van der Waals surface area contributed by atoms with Gasteiger partial charge in [-0.05, 0) is 23.3 Å². The number of hydrogen-bond acceptors (Lipinski definition) is 4. The van der Waals surface area contributed by atoms with Gasteiger partial charge in [-0.25, -0.2) is 9.18 Å². The van der Waals surface area contributed by atoms with E-state index in [0.717, 1.165) is 11.1 Å². The smallest absolute Gasteiger partial charge is 0.330 e. The number of thiophene rings is 1. The first-order chi connectivity index (χ1) is 13.1. The zero-order chi connectivity index (χ0) is 18.8. The average Bonchev–Trinajstić information content (AvgIpc) is 3.11. The molecule has 5 nitrogen and oxygen atoms in total. The standard InChI is InChI=1S/C20H15FN2O3S/c21-15-8-6-14(7-9-15)16-11-27-18-17(16)23(20(25)22-19(18)24)12-26-10-13-4-2-1-3-5-13/h1-9,11H,10,12H2,(H,22,24,25). The Morgan fingerprint density at radius 3 is 2.52 bits per heavy atom. The van der Waals surface area contributed by atoms with Gasteiger partial charge in [0.25, 0.3) is 5.56 Å². The summed E-state index contributed by atoms with van der Waals surface area (Å²) in [6.07, 6.45) is 0. The van der Waals surface area contributed by atoms with Crippen molar-refractivity contribution in [2.24, 2.45) is 0 Å². The molecule has 0 aliphatic rings. The van der Waals surface area contributed by atoms with E-state index in [0.29, 0.717) is 22.4 Å². The number of halogens is 1. The Balaban J connectivity index is 1.75. The quantitative estimate of drug-likeness (QED) is 0.572. The molecule has 0 aliphatic carbocycles. The predicted molar refractivity (Wildman–Crippen MR) is 103 cm³/mol. The summed E-state index contributed by atoms with van der Waals surface area (Å²) in [5.74, 6) is -0.347. The van der Waals surface area contributed by atoms with Crippen LogP contribution in [0.1, 0.15) is 5.56 Å². The minimum atomic E-state index is -0.540. The Bertz CT molecular complexity index is 1190. The van der Waals surface area contributed by atoms with Crippen LogP contribution < -0.4 is 11.2 Å². The SMILES string of the molecule is O=c1[nH]c(=O)n(COCc2ccccc2)c2c(-c3ccc(F)cc3)csc12. The Morgan fingerprint density at radius 1 is 1.04 bits per heavy atom. The van der Waals surface area contributed by atoms with Crippen LogP contribution in [0, 0.1) is 5.82 Å². The molecule has 2 aromatic carbocycles. The highest BCUT2D eigenvalue weighted by atomic mass is 32.1. The van der Waals surface area contributed by atoms with E-state index in [9.17, 15) is 14.0 Å². The molecule has 4 rings (SSSR count). The van der Waals surface area contributed by atoms with E-state index in [4.69, 9.17) is 4.74 Å². The number of rotatable bonds is 5. The predicted octanol–water partition coefficient (Wildman–Crippen LogP) is 3.73. The highest BCUT2D eigenvalue weighted by Gasteiger charge is 2.15. The molecule has 1 N–H and O–H groups in total. The summed E-state index contributed by atoms with van der Waals surface area (Å²) in [5, 5.41) is 1.79. The van der Waals surface area contributed by atoms with Gasteiger partial charge in [0.1, 0.15) is 17.2 Å².